The van der Waals surface area contributed by atoms with Gasteiger partial charge in [0.2, 0.25) is 0 Å². The van der Waals surface area contributed by atoms with Gasteiger partial charge in [-0.3, -0.25) is 4.79 Å². The third-order valence-electron chi connectivity index (χ3n) is 5.56. The molecule has 1 aliphatic rings. The normalized spacial score (nSPS) is 15.1. The quantitative estimate of drug-likeness (QED) is 0.464. The van der Waals surface area contributed by atoms with E-state index >= 15 is 0 Å². The first-order chi connectivity index (χ1) is 14.3. The van der Waals surface area contributed by atoms with Crippen LogP contribution in [-0.4, -0.2) is 17.4 Å². The Morgan fingerprint density at radius 3 is 2.40 bits per heavy atom. The molecule has 1 atom stereocenters. The number of alkyl halides is 3. The lowest BCUT2D eigenvalue weighted by molar-refractivity contribution is -0.137. The molecule has 0 aliphatic carbocycles. The van der Waals surface area contributed by atoms with Crippen LogP contribution in [0, 0.1) is 5.82 Å². The van der Waals surface area contributed by atoms with Gasteiger partial charge in [0.05, 0.1) is 11.6 Å². The molecule has 0 saturated heterocycles. The Bertz CT molecular complexity index is 1110. The summed E-state index contributed by atoms with van der Waals surface area (Å²) in [5.41, 5.74) is 2.10. The van der Waals surface area contributed by atoms with Gasteiger partial charge in [0.15, 0.2) is 0 Å². The Hall–Kier alpha value is -3.15. The van der Waals surface area contributed by atoms with Crippen LogP contribution in [0.4, 0.5) is 17.6 Å². The number of hydrogen-bond acceptors (Lipinski definition) is 1. The summed E-state index contributed by atoms with van der Waals surface area (Å²) in [5.74, 6) is -0.564. The van der Waals surface area contributed by atoms with Gasteiger partial charge >= 0.3 is 6.18 Å². The fourth-order valence-electron chi connectivity index (χ4n) is 3.91. The maximum Gasteiger partial charge on any atom is 0.416 e. The second-order valence-corrected chi connectivity index (χ2v) is 7.40. The zero-order valence-electron chi connectivity index (χ0n) is 16.2. The lowest BCUT2D eigenvalue weighted by Crippen LogP contribution is -2.39. The number of amides is 1. The Morgan fingerprint density at radius 1 is 0.933 bits per heavy atom. The Balaban J connectivity index is 1.63. The minimum Gasteiger partial charge on any atom is -0.331 e. The third kappa shape index (κ3) is 3.70. The number of fused-ring (bicyclic) bond motifs is 1. The van der Waals surface area contributed by atoms with E-state index in [-0.39, 0.29) is 11.7 Å². The SMILES string of the molecule is CC(c1ccccc1F)N1CCc2cc(-c3cccc(C(F)(F)F)c3)ccc2C1=O. The van der Waals surface area contributed by atoms with Gasteiger partial charge in [-0.25, -0.2) is 4.39 Å². The lowest BCUT2D eigenvalue weighted by Gasteiger charge is -2.34. The molecule has 1 amide bonds. The van der Waals surface area contributed by atoms with E-state index in [0.717, 1.165) is 17.7 Å². The number of benzene rings is 3. The Kier molecular flexibility index (Phi) is 5.10. The molecule has 0 radical (unpaired) electrons. The molecular weight excluding hydrogens is 394 g/mol. The molecule has 30 heavy (non-hydrogen) atoms. The van der Waals surface area contributed by atoms with Crippen molar-refractivity contribution in [3.05, 3.63) is 94.8 Å². The van der Waals surface area contributed by atoms with E-state index in [4.69, 9.17) is 0 Å². The molecule has 6 heteroatoms. The maximum absolute atomic E-state index is 14.2. The van der Waals surface area contributed by atoms with E-state index in [1.54, 1.807) is 54.3 Å². The summed E-state index contributed by atoms with van der Waals surface area (Å²) in [4.78, 5) is 14.7. The first kappa shape index (κ1) is 20.1. The molecule has 1 aliphatic heterocycles. The van der Waals surface area contributed by atoms with Crippen molar-refractivity contribution in [1.29, 1.82) is 0 Å². The molecule has 0 N–H and O–H groups in total. The zero-order chi connectivity index (χ0) is 21.5. The van der Waals surface area contributed by atoms with Gasteiger partial charge in [-0.05, 0) is 54.3 Å². The van der Waals surface area contributed by atoms with Crippen LogP contribution in [0.2, 0.25) is 0 Å². The van der Waals surface area contributed by atoms with Crippen LogP contribution in [0.5, 0.6) is 0 Å². The molecule has 4 rings (SSSR count). The molecule has 0 fully saturated rings. The molecule has 0 spiro atoms. The largest absolute Gasteiger partial charge is 0.416 e. The third-order valence-corrected chi connectivity index (χ3v) is 5.56. The summed E-state index contributed by atoms with van der Waals surface area (Å²) in [5, 5.41) is 0. The van der Waals surface area contributed by atoms with Gasteiger partial charge in [0.25, 0.3) is 5.91 Å². The van der Waals surface area contributed by atoms with Gasteiger partial charge in [-0.1, -0.05) is 42.5 Å². The van der Waals surface area contributed by atoms with Gasteiger partial charge < -0.3 is 4.90 Å². The van der Waals surface area contributed by atoms with E-state index in [1.165, 1.54) is 12.1 Å². The van der Waals surface area contributed by atoms with E-state index in [0.29, 0.717) is 35.2 Å². The fourth-order valence-corrected chi connectivity index (χ4v) is 3.91. The average molecular weight is 413 g/mol. The van der Waals surface area contributed by atoms with Crippen LogP contribution in [0.25, 0.3) is 11.1 Å². The van der Waals surface area contributed by atoms with Crippen LogP contribution in [-0.2, 0) is 12.6 Å². The molecule has 2 nitrogen and oxygen atoms in total. The smallest absolute Gasteiger partial charge is 0.331 e. The summed E-state index contributed by atoms with van der Waals surface area (Å²) < 4.78 is 53.2. The molecule has 1 heterocycles. The van der Waals surface area contributed by atoms with Crippen molar-refractivity contribution >= 4 is 5.91 Å². The average Bonchev–Trinajstić information content (AvgIpc) is 2.73. The van der Waals surface area contributed by atoms with Crippen molar-refractivity contribution in [3.8, 4) is 11.1 Å². The van der Waals surface area contributed by atoms with E-state index < -0.39 is 17.8 Å². The van der Waals surface area contributed by atoms with Crippen LogP contribution < -0.4 is 0 Å². The van der Waals surface area contributed by atoms with Crippen LogP contribution in [0.15, 0.2) is 66.7 Å². The van der Waals surface area contributed by atoms with Crippen molar-refractivity contribution in [1.82, 2.24) is 4.90 Å². The predicted octanol–water partition coefficient (Wildman–Crippen LogP) is 6.27. The molecule has 0 aromatic heterocycles. The summed E-state index contributed by atoms with van der Waals surface area (Å²) in [7, 11) is 0. The van der Waals surface area contributed by atoms with E-state index in [1.807, 2.05) is 0 Å². The number of halogens is 4. The minimum absolute atomic E-state index is 0.206. The zero-order valence-corrected chi connectivity index (χ0v) is 16.2. The summed E-state index contributed by atoms with van der Waals surface area (Å²) >= 11 is 0. The number of carbonyl (C=O) groups excluding carboxylic acids is 1. The minimum atomic E-state index is -4.41. The number of carbonyl (C=O) groups is 1. The summed E-state index contributed by atoms with van der Waals surface area (Å²) in [6, 6.07) is 16.2. The van der Waals surface area contributed by atoms with E-state index in [9.17, 15) is 22.4 Å². The second-order valence-electron chi connectivity index (χ2n) is 7.40. The van der Waals surface area contributed by atoms with Gasteiger partial charge in [0.1, 0.15) is 5.82 Å². The fraction of sp³-hybridized carbons (Fsp3) is 0.208. The molecule has 0 saturated carbocycles. The highest BCUT2D eigenvalue weighted by Crippen LogP contribution is 2.34. The van der Waals surface area contributed by atoms with Gasteiger partial charge in [-0.15, -0.1) is 0 Å². The lowest BCUT2D eigenvalue weighted by atomic mass is 9.92. The monoisotopic (exact) mass is 413 g/mol. The topological polar surface area (TPSA) is 20.3 Å². The molecule has 154 valence electrons. The molecule has 0 bridgehead atoms. The van der Waals surface area contributed by atoms with Crippen molar-refractivity contribution in [2.45, 2.75) is 25.6 Å². The van der Waals surface area contributed by atoms with Crippen molar-refractivity contribution < 1.29 is 22.4 Å². The van der Waals surface area contributed by atoms with Gasteiger partial charge in [-0.2, -0.15) is 13.2 Å². The van der Waals surface area contributed by atoms with Crippen molar-refractivity contribution in [2.75, 3.05) is 6.54 Å². The van der Waals surface area contributed by atoms with Gasteiger partial charge in [0, 0.05) is 17.7 Å². The molecule has 1 unspecified atom stereocenters. The highest BCUT2D eigenvalue weighted by atomic mass is 19.4. The van der Waals surface area contributed by atoms with Crippen LogP contribution >= 0.6 is 0 Å². The Morgan fingerprint density at radius 2 is 1.67 bits per heavy atom. The summed E-state index contributed by atoms with van der Waals surface area (Å²) in [6.07, 6.45) is -3.86. The van der Waals surface area contributed by atoms with Crippen molar-refractivity contribution in [2.24, 2.45) is 0 Å². The first-order valence-electron chi connectivity index (χ1n) is 9.61. The number of nitrogens with zero attached hydrogens (tertiary/aromatic N) is 1. The predicted molar refractivity (Wildman–Crippen MR) is 106 cm³/mol. The van der Waals surface area contributed by atoms with Crippen LogP contribution in [0.3, 0.4) is 0 Å². The summed E-state index contributed by atoms with van der Waals surface area (Å²) in [6.45, 7) is 2.20. The second kappa shape index (κ2) is 7.59. The molecular formula is C24H19F4NO. The standard InChI is InChI=1S/C24H19F4NO/c1-15(20-7-2-3-8-22(20)25)29-12-11-18-13-17(9-10-21(18)23(29)30)16-5-4-6-19(14-16)24(26,27)28/h2-10,13-15H,11-12H2,1H3. The first-order valence-corrected chi connectivity index (χ1v) is 9.61. The number of hydrogen-bond donors (Lipinski definition) is 0. The highest BCUT2D eigenvalue weighted by molar-refractivity contribution is 5.97. The Labute approximate surface area is 171 Å². The molecule has 3 aromatic carbocycles. The maximum atomic E-state index is 14.2. The van der Waals surface area contributed by atoms with Crippen molar-refractivity contribution in [3.63, 3.8) is 0 Å². The highest BCUT2D eigenvalue weighted by Gasteiger charge is 2.31. The molecule has 3 aromatic rings. The number of rotatable bonds is 3. The van der Waals surface area contributed by atoms with Crippen LogP contribution in [0.1, 0.15) is 40.0 Å². The van der Waals surface area contributed by atoms with E-state index in [2.05, 4.69) is 0 Å².